The third kappa shape index (κ3) is 10.5. The Morgan fingerprint density at radius 3 is 1.61 bits per heavy atom. The lowest BCUT2D eigenvalue weighted by atomic mass is 9.92. The first-order valence-corrected chi connectivity index (χ1v) is 31.6. The van der Waals surface area contributed by atoms with Gasteiger partial charge in [0.2, 0.25) is 0 Å². The zero-order valence-electron chi connectivity index (χ0n) is 45.0. The zero-order valence-corrected chi connectivity index (χ0v) is 46.6. The Kier molecular flexibility index (Phi) is 17.7. The lowest BCUT2D eigenvalue weighted by molar-refractivity contribution is 0.918. The van der Waals surface area contributed by atoms with Crippen molar-refractivity contribution in [3.05, 3.63) is 242 Å². The fourth-order valence-electron chi connectivity index (χ4n) is 11.0. The van der Waals surface area contributed by atoms with E-state index in [-0.39, 0.29) is 4.08 Å². The molecule has 7 aromatic carbocycles. The molecule has 0 bridgehead atoms. The van der Waals surface area contributed by atoms with E-state index in [1.165, 1.54) is 102 Å². The largest absolute Gasteiger partial charge is 0.351 e. The van der Waals surface area contributed by atoms with E-state index >= 15 is 0 Å². The molecule has 4 heteroatoms. The van der Waals surface area contributed by atoms with Crippen molar-refractivity contribution in [1.29, 1.82) is 0 Å². The van der Waals surface area contributed by atoms with Crippen LogP contribution in [0.1, 0.15) is 70.1 Å². The summed E-state index contributed by atoms with van der Waals surface area (Å²) < 4.78 is -0.187. The number of hydrogen-bond donors (Lipinski definition) is 0. The van der Waals surface area contributed by atoms with Crippen molar-refractivity contribution in [3.8, 4) is 22.3 Å². The van der Waals surface area contributed by atoms with Crippen LogP contribution in [0.3, 0.4) is 0 Å². The van der Waals surface area contributed by atoms with E-state index < -0.39 is 20.1 Å². The topological polar surface area (TPSA) is 6.48 Å². The highest BCUT2D eigenvalue weighted by Crippen LogP contribution is 2.81. The third-order valence-electron chi connectivity index (χ3n) is 13.6. The van der Waals surface area contributed by atoms with Crippen molar-refractivity contribution in [2.24, 2.45) is 0 Å². The summed E-state index contributed by atoms with van der Waals surface area (Å²) in [6, 6.07) is 54.0. The second kappa shape index (κ2) is 23.8. The second-order valence-electron chi connectivity index (χ2n) is 19.5. The zero-order chi connectivity index (χ0) is 51.5. The van der Waals surface area contributed by atoms with E-state index in [4.69, 9.17) is 0 Å². The minimum absolute atomic E-state index is 0.187. The first kappa shape index (κ1) is 53.3. The van der Waals surface area contributed by atoms with Gasteiger partial charge in [-0.15, -0.1) is 0 Å². The molecule has 0 unspecified atom stereocenters. The van der Waals surface area contributed by atoms with Crippen LogP contribution in [0.4, 0.5) is 17.1 Å². The van der Waals surface area contributed by atoms with Crippen LogP contribution in [0.25, 0.3) is 49.4 Å². The highest BCUT2D eigenvalue weighted by Gasteiger charge is 2.56. The van der Waals surface area contributed by atoms with Gasteiger partial charge in [0, 0.05) is 41.1 Å². The lowest BCUT2D eigenvalue weighted by Crippen LogP contribution is -2.36. The Morgan fingerprint density at radius 2 is 1.07 bits per heavy atom. The molecule has 0 amide bonds. The highest BCUT2D eigenvalue weighted by atomic mass is 32.3. The number of rotatable bonds is 11. The Bertz CT molecular complexity index is 3160. The number of nitrogens with zero attached hydrogens (tertiary/aromatic N) is 2. The van der Waals surface area contributed by atoms with E-state index in [0.717, 1.165) is 12.8 Å². The van der Waals surface area contributed by atoms with Gasteiger partial charge in [-0.3, -0.25) is 0 Å². The third-order valence-corrected chi connectivity index (χ3v) is 20.9. The van der Waals surface area contributed by atoms with Crippen LogP contribution in [0, 0.1) is 0 Å². The van der Waals surface area contributed by atoms with E-state index in [1.54, 1.807) is 0 Å². The monoisotopic (exact) mass is 987 g/mol. The van der Waals surface area contributed by atoms with Gasteiger partial charge in [0.15, 0.2) is 0 Å². The summed E-state index contributed by atoms with van der Waals surface area (Å²) in [5, 5.41) is 5.20. The molecule has 3 aliphatic carbocycles. The van der Waals surface area contributed by atoms with Gasteiger partial charge in [0.05, 0.1) is 9.77 Å². The van der Waals surface area contributed by atoms with Crippen LogP contribution < -0.4 is 9.80 Å². The maximum atomic E-state index is 3.86. The molecule has 3 aliphatic rings. The van der Waals surface area contributed by atoms with Crippen LogP contribution in [0.5, 0.6) is 0 Å². The molecular formula is C68H78N2S2. The number of allylic oxidation sites excluding steroid dienone is 12. The van der Waals surface area contributed by atoms with Gasteiger partial charge in [-0.1, -0.05) is 204 Å². The molecule has 0 fully saturated rings. The fraction of sp³-hybridized carbons (Fsp3) is 0.235. The SMILES string of the molecule is C1=CC(c2ccccc2)=CCC1.C=C/C=C\C=C/N(C)c1cc2c(c3ccccc13)-c1c(cc(N(C3=CC=CCC3)c3cccc(-c4ccccc4)c3)c3ccccc13)C2(S(C)(C)C)S(C)(C)C.CC.CC. The average molecular weight is 988 g/mol. The molecule has 10 rings (SSSR count). The van der Waals surface area contributed by atoms with Crippen molar-refractivity contribution in [1.82, 2.24) is 0 Å². The van der Waals surface area contributed by atoms with Gasteiger partial charge in [-0.05, 0) is 155 Å². The van der Waals surface area contributed by atoms with Crippen molar-refractivity contribution < 1.29 is 0 Å². The van der Waals surface area contributed by atoms with E-state index in [0.29, 0.717) is 0 Å². The van der Waals surface area contributed by atoms with Gasteiger partial charge < -0.3 is 9.80 Å². The van der Waals surface area contributed by atoms with Crippen LogP contribution in [-0.2, 0) is 4.08 Å². The van der Waals surface area contributed by atoms with Crippen LogP contribution in [0.15, 0.2) is 225 Å². The molecule has 0 radical (unpaired) electrons. The number of fused-ring (bicyclic) bond motifs is 7. The quantitative estimate of drug-likeness (QED) is 0.119. The predicted octanol–water partition coefficient (Wildman–Crippen LogP) is 19.8. The van der Waals surface area contributed by atoms with Crippen molar-refractivity contribution in [2.45, 2.75) is 57.5 Å². The molecule has 7 aromatic rings. The predicted molar refractivity (Wildman–Crippen MR) is 331 cm³/mol. The number of hydrogen-bond acceptors (Lipinski definition) is 2. The molecule has 0 atom stereocenters. The summed E-state index contributed by atoms with van der Waals surface area (Å²) in [4.78, 5) is 4.88. The average Bonchev–Trinajstić information content (AvgIpc) is 3.75. The Labute approximate surface area is 437 Å². The molecule has 2 nitrogen and oxygen atoms in total. The molecule has 0 N–H and O–H groups in total. The van der Waals surface area contributed by atoms with Gasteiger partial charge in [-0.2, -0.15) is 0 Å². The molecule has 0 aliphatic heterocycles. The van der Waals surface area contributed by atoms with Crippen molar-refractivity contribution >= 4 is 64.2 Å². The maximum absolute atomic E-state index is 3.86. The summed E-state index contributed by atoms with van der Waals surface area (Å²) in [6.07, 6.45) is 43.5. The minimum atomic E-state index is -1.29. The molecule has 0 heterocycles. The smallest absolute Gasteiger partial charge is 0.0813 e. The maximum Gasteiger partial charge on any atom is 0.0813 e. The Morgan fingerprint density at radius 1 is 0.528 bits per heavy atom. The van der Waals surface area contributed by atoms with E-state index in [9.17, 15) is 0 Å². The summed E-state index contributed by atoms with van der Waals surface area (Å²) in [7, 11) is -0.401. The summed E-state index contributed by atoms with van der Waals surface area (Å²) in [5.74, 6) is 0. The molecule has 0 spiro atoms. The molecular weight excluding hydrogens is 909 g/mol. The van der Waals surface area contributed by atoms with Crippen molar-refractivity contribution in [2.75, 3.05) is 54.4 Å². The molecule has 0 saturated carbocycles. The van der Waals surface area contributed by atoms with Crippen LogP contribution in [0.2, 0.25) is 0 Å². The summed E-state index contributed by atoms with van der Waals surface area (Å²) >= 11 is 0. The van der Waals surface area contributed by atoms with Crippen LogP contribution >= 0.6 is 20.1 Å². The molecule has 0 saturated heterocycles. The highest BCUT2D eigenvalue weighted by molar-refractivity contribution is 8.48. The second-order valence-corrected chi connectivity index (χ2v) is 28.3. The molecule has 72 heavy (non-hydrogen) atoms. The van der Waals surface area contributed by atoms with E-state index in [1.807, 2.05) is 45.9 Å². The number of benzene rings is 7. The van der Waals surface area contributed by atoms with Crippen LogP contribution in [-0.4, -0.2) is 44.6 Å². The van der Waals surface area contributed by atoms with Gasteiger partial charge >= 0.3 is 0 Å². The fourth-order valence-corrected chi connectivity index (χ4v) is 20.3. The molecule has 372 valence electrons. The standard InChI is InChI=1S/C52H54N2S2.C12H12.2C2H6/c1-9-10-11-22-34-53(2)48-36-46-50(44-32-20-18-30-42(44)48)51-45-33-21-19-31-43(45)49(37-47(51)52(46,55(3,4)5)56(6,7)8)54(40-27-16-13-17-28-40)41-29-23-26-39(35-41)38-24-14-12-15-25-38;1-3-7-11(8-4-1)12-9-5-2-6-10-12;2*1-2/h9-16,18-27,29-37H,1,17,28H2,2-8H3;1,3-5,7-10H,2,6H2;2*1-2H3/b11-10-,34-22-;;;. The normalized spacial score (nSPS) is 14.9. The number of anilines is 3. The first-order chi connectivity index (χ1) is 34.9. The summed E-state index contributed by atoms with van der Waals surface area (Å²) in [5.41, 5.74) is 15.9. The van der Waals surface area contributed by atoms with Gasteiger partial charge in [-0.25, -0.2) is 20.1 Å². The Balaban J connectivity index is 0.000000408. The minimum Gasteiger partial charge on any atom is -0.351 e. The van der Waals surface area contributed by atoms with E-state index in [2.05, 4.69) is 255 Å². The molecule has 0 aromatic heterocycles. The van der Waals surface area contributed by atoms with Gasteiger partial charge in [0.1, 0.15) is 0 Å². The summed E-state index contributed by atoms with van der Waals surface area (Å²) in [6.45, 7) is 11.9. The van der Waals surface area contributed by atoms with Gasteiger partial charge in [0.25, 0.3) is 0 Å². The Hall–Kier alpha value is -6.46. The van der Waals surface area contributed by atoms with Crippen molar-refractivity contribution in [3.63, 3.8) is 0 Å². The lowest BCUT2D eigenvalue weighted by Gasteiger charge is -2.59. The first-order valence-electron chi connectivity index (χ1n) is 25.8.